The second kappa shape index (κ2) is 12.7. The molecule has 0 unspecified atom stereocenters. The first kappa shape index (κ1) is 26.0. The van der Waals surface area contributed by atoms with Gasteiger partial charge in [-0.25, -0.2) is 0 Å². The Labute approximate surface area is 220 Å². The van der Waals surface area contributed by atoms with E-state index < -0.39 is 11.8 Å². The molecule has 0 aliphatic heterocycles. The number of nitrogens with one attached hydrogen (secondary N) is 3. The van der Waals surface area contributed by atoms with Gasteiger partial charge in [0.05, 0.1) is 5.56 Å². The Morgan fingerprint density at radius 2 is 1.32 bits per heavy atom. The second-order valence-electron chi connectivity index (χ2n) is 8.32. The zero-order chi connectivity index (χ0) is 26.7. The lowest BCUT2D eigenvalue weighted by Crippen LogP contribution is -2.41. The summed E-state index contributed by atoms with van der Waals surface area (Å²) in [5.74, 6) is -0.189. The third-order valence-corrected chi connectivity index (χ3v) is 5.46. The maximum Gasteiger partial charge on any atom is 0.273 e. The maximum atomic E-state index is 12.7. The van der Waals surface area contributed by atoms with Crippen molar-refractivity contribution in [3.8, 4) is 11.5 Å². The summed E-state index contributed by atoms with van der Waals surface area (Å²) in [6.45, 7) is 2.45. The minimum Gasteiger partial charge on any atom is -0.490 e. The summed E-state index contributed by atoms with van der Waals surface area (Å²) in [7, 11) is 0. The molecule has 8 heteroatoms. The van der Waals surface area contributed by atoms with Gasteiger partial charge in [-0.15, -0.1) is 0 Å². The monoisotopic (exact) mass is 509 g/mol. The average Bonchev–Trinajstić information content (AvgIpc) is 2.95. The van der Waals surface area contributed by atoms with Crippen LogP contribution in [0.2, 0.25) is 0 Å². The van der Waals surface area contributed by atoms with Crippen molar-refractivity contribution >= 4 is 23.4 Å². The first-order valence-corrected chi connectivity index (χ1v) is 12.0. The highest BCUT2D eigenvalue weighted by atomic mass is 16.5. The lowest BCUT2D eigenvalue weighted by atomic mass is 10.1. The number of benzene rings is 4. The molecule has 0 spiro atoms. The molecule has 3 amide bonds. The standard InChI is InChI=1S/C30H27N3O5/c1-21-8-7-9-23(20-21)28(34)31-24-16-14-22(15-17-24)29(35)32-33-30(36)26-12-5-6-13-27(26)38-19-18-37-25-10-3-2-4-11-25/h2-17,20H,18-19H2,1H3,(H,31,34)(H,32,35)(H,33,36). The van der Waals surface area contributed by atoms with Gasteiger partial charge in [-0.1, -0.05) is 48.0 Å². The number of rotatable bonds is 9. The van der Waals surface area contributed by atoms with Crippen LogP contribution in [-0.2, 0) is 0 Å². The largest absolute Gasteiger partial charge is 0.490 e. The molecule has 8 nitrogen and oxygen atoms in total. The number of amides is 3. The van der Waals surface area contributed by atoms with Crippen molar-refractivity contribution in [1.29, 1.82) is 0 Å². The Hall–Kier alpha value is -5.11. The van der Waals surface area contributed by atoms with E-state index in [0.717, 1.165) is 11.3 Å². The van der Waals surface area contributed by atoms with Gasteiger partial charge in [-0.05, 0) is 67.6 Å². The van der Waals surface area contributed by atoms with Crippen LogP contribution in [0.4, 0.5) is 5.69 Å². The number of aryl methyl sites for hydroxylation is 1. The number of ether oxygens (including phenoxy) is 2. The number of carbonyl (C=O) groups excluding carboxylic acids is 3. The predicted molar refractivity (Wildman–Crippen MR) is 144 cm³/mol. The highest BCUT2D eigenvalue weighted by molar-refractivity contribution is 6.05. The Morgan fingerprint density at radius 3 is 2.08 bits per heavy atom. The van der Waals surface area contributed by atoms with E-state index >= 15 is 0 Å². The third-order valence-electron chi connectivity index (χ3n) is 5.46. The van der Waals surface area contributed by atoms with E-state index in [2.05, 4.69) is 16.2 Å². The van der Waals surface area contributed by atoms with E-state index in [-0.39, 0.29) is 18.1 Å². The highest BCUT2D eigenvalue weighted by Gasteiger charge is 2.14. The lowest BCUT2D eigenvalue weighted by Gasteiger charge is -2.13. The van der Waals surface area contributed by atoms with Gasteiger partial charge in [-0.3, -0.25) is 25.2 Å². The summed E-state index contributed by atoms with van der Waals surface area (Å²) >= 11 is 0. The van der Waals surface area contributed by atoms with Crippen molar-refractivity contribution in [3.63, 3.8) is 0 Å². The summed E-state index contributed by atoms with van der Waals surface area (Å²) in [6, 6.07) is 29.7. The van der Waals surface area contributed by atoms with Gasteiger partial charge in [-0.2, -0.15) is 0 Å². The van der Waals surface area contributed by atoms with Crippen LogP contribution >= 0.6 is 0 Å². The fourth-order valence-electron chi connectivity index (χ4n) is 3.56. The number of anilines is 1. The first-order valence-electron chi connectivity index (χ1n) is 12.0. The van der Waals surface area contributed by atoms with Crippen molar-refractivity contribution in [2.75, 3.05) is 18.5 Å². The summed E-state index contributed by atoms with van der Waals surface area (Å²) < 4.78 is 11.3. The van der Waals surface area contributed by atoms with Crippen molar-refractivity contribution in [1.82, 2.24) is 10.9 Å². The lowest BCUT2D eigenvalue weighted by molar-refractivity contribution is 0.0844. The second-order valence-corrected chi connectivity index (χ2v) is 8.32. The number of hydrogen-bond donors (Lipinski definition) is 3. The van der Waals surface area contributed by atoms with Crippen LogP contribution in [0.5, 0.6) is 11.5 Å². The molecule has 0 saturated heterocycles. The van der Waals surface area contributed by atoms with Gasteiger partial charge in [0.25, 0.3) is 17.7 Å². The van der Waals surface area contributed by atoms with E-state index in [9.17, 15) is 14.4 Å². The van der Waals surface area contributed by atoms with Crippen LogP contribution in [-0.4, -0.2) is 30.9 Å². The van der Waals surface area contributed by atoms with Crippen LogP contribution in [0.1, 0.15) is 36.6 Å². The molecule has 4 aromatic carbocycles. The molecule has 0 atom stereocenters. The normalized spacial score (nSPS) is 10.2. The van der Waals surface area contributed by atoms with Gasteiger partial charge < -0.3 is 14.8 Å². The molecule has 0 radical (unpaired) electrons. The Morgan fingerprint density at radius 1 is 0.632 bits per heavy atom. The molecule has 0 aromatic heterocycles. The van der Waals surface area contributed by atoms with Crippen LogP contribution in [0.15, 0.2) is 103 Å². The van der Waals surface area contributed by atoms with E-state index in [1.54, 1.807) is 60.7 Å². The summed E-state index contributed by atoms with van der Waals surface area (Å²) in [5.41, 5.74) is 7.45. The zero-order valence-electron chi connectivity index (χ0n) is 20.8. The molecule has 0 fully saturated rings. The molecule has 4 aromatic rings. The maximum absolute atomic E-state index is 12.7. The molecule has 192 valence electrons. The molecular formula is C30H27N3O5. The Kier molecular flexibility index (Phi) is 8.70. The quantitative estimate of drug-likeness (QED) is 0.222. The number of para-hydroxylation sites is 2. The zero-order valence-corrected chi connectivity index (χ0v) is 20.8. The fraction of sp³-hybridized carbons (Fsp3) is 0.100. The van der Waals surface area contributed by atoms with Crippen molar-refractivity contribution in [2.24, 2.45) is 0 Å². The van der Waals surface area contributed by atoms with Crippen LogP contribution in [0, 0.1) is 6.92 Å². The molecule has 0 saturated carbocycles. The van der Waals surface area contributed by atoms with Gasteiger partial charge in [0.1, 0.15) is 24.7 Å². The Balaban J connectivity index is 1.27. The molecule has 0 aliphatic carbocycles. The third kappa shape index (κ3) is 7.20. The van der Waals surface area contributed by atoms with Crippen LogP contribution in [0.25, 0.3) is 0 Å². The van der Waals surface area contributed by atoms with Gasteiger partial charge >= 0.3 is 0 Å². The van der Waals surface area contributed by atoms with Gasteiger partial charge in [0.15, 0.2) is 0 Å². The molecule has 0 bridgehead atoms. The van der Waals surface area contributed by atoms with E-state index in [4.69, 9.17) is 9.47 Å². The summed E-state index contributed by atoms with van der Waals surface area (Å²) in [5, 5.41) is 2.80. The summed E-state index contributed by atoms with van der Waals surface area (Å²) in [4.78, 5) is 37.7. The number of hydrogen-bond acceptors (Lipinski definition) is 5. The van der Waals surface area contributed by atoms with Crippen LogP contribution in [0.3, 0.4) is 0 Å². The minimum absolute atomic E-state index is 0.234. The van der Waals surface area contributed by atoms with Gasteiger partial charge in [0.2, 0.25) is 0 Å². The molecular weight excluding hydrogens is 482 g/mol. The van der Waals surface area contributed by atoms with Gasteiger partial charge in [0, 0.05) is 16.8 Å². The first-order chi connectivity index (χ1) is 18.5. The van der Waals surface area contributed by atoms with E-state index in [1.807, 2.05) is 49.4 Å². The molecule has 38 heavy (non-hydrogen) atoms. The molecule has 0 heterocycles. The SMILES string of the molecule is Cc1cccc(C(=O)Nc2ccc(C(=O)NNC(=O)c3ccccc3OCCOc3ccccc3)cc2)c1. The molecule has 0 aliphatic rings. The number of carbonyl (C=O) groups is 3. The van der Waals surface area contributed by atoms with E-state index in [0.29, 0.717) is 29.2 Å². The smallest absolute Gasteiger partial charge is 0.273 e. The summed E-state index contributed by atoms with van der Waals surface area (Å²) in [6.07, 6.45) is 0. The predicted octanol–water partition coefficient (Wildman–Crippen LogP) is 4.78. The molecule has 3 N–H and O–H groups in total. The van der Waals surface area contributed by atoms with Crippen molar-refractivity contribution < 1.29 is 23.9 Å². The number of hydrazine groups is 1. The van der Waals surface area contributed by atoms with E-state index in [1.165, 1.54) is 0 Å². The van der Waals surface area contributed by atoms with Crippen molar-refractivity contribution in [2.45, 2.75) is 6.92 Å². The topological polar surface area (TPSA) is 106 Å². The minimum atomic E-state index is -0.528. The Bertz CT molecular complexity index is 1410. The average molecular weight is 510 g/mol. The molecule has 4 rings (SSSR count). The fourth-order valence-corrected chi connectivity index (χ4v) is 3.56. The van der Waals surface area contributed by atoms with Crippen LogP contribution < -0.4 is 25.6 Å². The highest BCUT2D eigenvalue weighted by Crippen LogP contribution is 2.18. The van der Waals surface area contributed by atoms with Crippen molar-refractivity contribution in [3.05, 3.63) is 125 Å².